The van der Waals surface area contributed by atoms with Crippen LogP contribution in [-0.4, -0.2) is 66.9 Å². The van der Waals surface area contributed by atoms with Crippen LogP contribution in [0, 0.1) is 0 Å². The molecule has 1 aliphatic heterocycles. The van der Waals surface area contributed by atoms with E-state index in [0.29, 0.717) is 43.9 Å². The van der Waals surface area contributed by atoms with Crippen LogP contribution in [0.4, 0.5) is 0 Å². The number of rotatable bonds is 7. The lowest BCUT2D eigenvalue weighted by Gasteiger charge is -2.36. The van der Waals surface area contributed by atoms with Crippen LogP contribution >= 0.6 is 0 Å². The zero-order valence-corrected chi connectivity index (χ0v) is 19.0. The molecule has 4 rings (SSSR count). The number of nitrogens with one attached hydrogen (secondary N) is 1. The van der Waals surface area contributed by atoms with Gasteiger partial charge in [-0.25, -0.2) is 0 Å². The van der Waals surface area contributed by atoms with Crippen LogP contribution in [0.5, 0.6) is 5.75 Å². The van der Waals surface area contributed by atoms with Gasteiger partial charge in [-0.2, -0.15) is 0 Å². The van der Waals surface area contributed by atoms with Crippen molar-refractivity contribution in [3.8, 4) is 5.75 Å². The van der Waals surface area contributed by atoms with Gasteiger partial charge in [-0.05, 0) is 35.9 Å². The minimum atomic E-state index is -0.749. The third kappa shape index (κ3) is 5.46. The van der Waals surface area contributed by atoms with Crippen molar-refractivity contribution in [3.05, 3.63) is 89.9 Å². The number of hydrogen-bond acceptors (Lipinski definition) is 5. The third-order valence-corrected chi connectivity index (χ3v) is 5.83. The van der Waals surface area contributed by atoms with Crippen molar-refractivity contribution in [2.75, 3.05) is 33.3 Å². The van der Waals surface area contributed by atoms with E-state index in [1.54, 1.807) is 53.3 Å². The summed E-state index contributed by atoms with van der Waals surface area (Å²) in [6.45, 7) is 1.59. The summed E-state index contributed by atoms with van der Waals surface area (Å²) in [6.07, 6.45) is 1.77. The summed E-state index contributed by atoms with van der Waals surface area (Å²) in [4.78, 5) is 42.3. The molecule has 0 bridgehead atoms. The number of hydrogen-bond donors (Lipinski definition) is 1. The first kappa shape index (κ1) is 23.1. The maximum atomic E-state index is 13.4. The first-order valence-corrected chi connectivity index (χ1v) is 11.2. The molecule has 1 saturated heterocycles. The monoisotopic (exact) mass is 461 g/mol. The summed E-state index contributed by atoms with van der Waals surface area (Å²) in [7, 11) is 1.56. The van der Waals surface area contributed by atoms with Crippen LogP contribution in [-0.2, 0) is 11.2 Å². The zero-order valence-electron chi connectivity index (χ0n) is 19.0. The number of benzene rings is 2. The first-order chi connectivity index (χ1) is 16.5. The van der Waals surface area contributed by atoms with Crippen LogP contribution in [0.15, 0.2) is 77.4 Å². The summed E-state index contributed by atoms with van der Waals surface area (Å²) >= 11 is 0. The Hall–Kier alpha value is -4.07. The smallest absolute Gasteiger partial charge is 0.287 e. The average Bonchev–Trinajstić information content (AvgIpc) is 3.43. The van der Waals surface area contributed by atoms with Gasteiger partial charge in [0, 0.05) is 38.2 Å². The summed E-state index contributed by atoms with van der Waals surface area (Å²) in [5.74, 6) is 0.0524. The highest BCUT2D eigenvalue weighted by molar-refractivity contribution is 5.96. The van der Waals surface area contributed by atoms with E-state index in [1.165, 1.54) is 6.26 Å². The normalized spacial score (nSPS) is 14.4. The van der Waals surface area contributed by atoms with Crippen molar-refractivity contribution >= 4 is 17.7 Å². The highest BCUT2D eigenvalue weighted by Crippen LogP contribution is 2.16. The SMILES string of the molecule is COc1cccc(C(=O)N2CCN(C(=O)C(Cc3ccccc3)NC(=O)c3ccco3)CC2)c1. The molecule has 34 heavy (non-hydrogen) atoms. The van der Waals surface area contributed by atoms with E-state index in [9.17, 15) is 14.4 Å². The number of furan rings is 1. The van der Waals surface area contributed by atoms with E-state index in [-0.39, 0.29) is 17.6 Å². The first-order valence-electron chi connectivity index (χ1n) is 11.2. The predicted molar refractivity (Wildman–Crippen MR) is 126 cm³/mol. The van der Waals surface area contributed by atoms with Crippen LogP contribution in [0.25, 0.3) is 0 Å². The number of nitrogens with zero attached hydrogens (tertiary/aromatic N) is 2. The molecule has 1 fully saturated rings. The molecule has 0 spiro atoms. The number of ether oxygens (including phenoxy) is 1. The molecular formula is C26H27N3O5. The summed E-state index contributed by atoms with van der Waals surface area (Å²) in [5.41, 5.74) is 1.49. The minimum Gasteiger partial charge on any atom is -0.497 e. The van der Waals surface area contributed by atoms with Crippen molar-refractivity contribution in [1.82, 2.24) is 15.1 Å². The molecule has 2 heterocycles. The Morgan fingerprint density at radius 2 is 1.68 bits per heavy atom. The van der Waals surface area contributed by atoms with Gasteiger partial charge in [0.15, 0.2) is 5.76 Å². The van der Waals surface area contributed by atoms with E-state index in [1.807, 2.05) is 30.3 Å². The van der Waals surface area contributed by atoms with Crippen molar-refractivity contribution in [2.45, 2.75) is 12.5 Å². The van der Waals surface area contributed by atoms with Gasteiger partial charge in [-0.3, -0.25) is 14.4 Å². The molecule has 3 amide bonds. The molecule has 1 atom stereocenters. The van der Waals surface area contributed by atoms with Crippen LogP contribution < -0.4 is 10.1 Å². The molecule has 0 saturated carbocycles. The van der Waals surface area contributed by atoms with Crippen molar-refractivity contribution in [2.24, 2.45) is 0 Å². The van der Waals surface area contributed by atoms with Gasteiger partial charge >= 0.3 is 0 Å². The van der Waals surface area contributed by atoms with E-state index in [2.05, 4.69) is 5.32 Å². The molecule has 1 aliphatic rings. The molecule has 2 aromatic carbocycles. The molecule has 1 unspecified atom stereocenters. The fraction of sp³-hybridized carbons (Fsp3) is 0.269. The Balaban J connectivity index is 1.42. The molecule has 176 valence electrons. The maximum Gasteiger partial charge on any atom is 0.287 e. The van der Waals surface area contributed by atoms with E-state index in [4.69, 9.17) is 9.15 Å². The second-order valence-electron chi connectivity index (χ2n) is 8.04. The van der Waals surface area contributed by atoms with Crippen LogP contribution in [0.1, 0.15) is 26.5 Å². The second-order valence-corrected chi connectivity index (χ2v) is 8.04. The van der Waals surface area contributed by atoms with Gasteiger partial charge in [0.25, 0.3) is 11.8 Å². The van der Waals surface area contributed by atoms with Crippen LogP contribution in [0.3, 0.4) is 0 Å². The molecule has 8 heteroatoms. The fourth-order valence-electron chi connectivity index (χ4n) is 3.98. The van der Waals surface area contributed by atoms with E-state index in [0.717, 1.165) is 5.56 Å². The van der Waals surface area contributed by atoms with Crippen molar-refractivity contribution < 1.29 is 23.5 Å². The van der Waals surface area contributed by atoms with Gasteiger partial charge in [0.05, 0.1) is 13.4 Å². The molecule has 8 nitrogen and oxygen atoms in total. The number of piperazine rings is 1. The number of carbonyl (C=O) groups is 3. The van der Waals surface area contributed by atoms with Gasteiger partial charge in [-0.15, -0.1) is 0 Å². The largest absolute Gasteiger partial charge is 0.497 e. The Labute approximate surface area is 198 Å². The summed E-state index contributed by atoms with van der Waals surface area (Å²) in [6, 6.07) is 19.0. The Bertz CT molecular complexity index is 1120. The molecule has 1 aromatic heterocycles. The number of amides is 3. The van der Waals surface area contributed by atoms with E-state index < -0.39 is 11.9 Å². The molecular weight excluding hydrogens is 434 g/mol. The van der Waals surface area contributed by atoms with Crippen molar-refractivity contribution in [1.29, 1.82) is 0 Å². The standard InChI is InChI=1S/C26H27N3O5/c1-33-21-10-5-9-20(18-21)25(31)28-12-14-29(15-13-28)26(32)22(17-19-7-3-2-4-8-19)27-24(30)23-11-6-16-34-23/h2-11,16,18,22H,12-15,17H2,1H3,(H,27,30). The van der Waals surface area contributed by atoms with Gasteiger partial charge in [-0.1, -0.05) is 36.4 Å². The predicted octanol–water partition coefficient (Wildman–Crippen LogP) is 2.61. The van der Waals surface area contributed by atoms with Crippen molar-refractivity contribution in [3.63, 3.8) is 0 Å². The lowest BCUT2D eigenvalue weighted by atomic mass is 10.0. The summed E-state index contributed by atoms with van der Waals surface area (Å²) in [5, 5.41) is 2.82. The Morgan fingerprint density at radius 1 is 0.941 bits per heavy atom. The fourth-order valence-corrected chi connectivity index (χ4v) is 3.98. The lowest BCUT2D eigenvalue weighted by molar-refractivity contribution is -0.134. The zero-order chi connectivity index (χ0) is 23.9. The second kappa shape index (κ2) is 10.7. The molecule has 1 N–H and O–H groups in total. The number of carbonyl (C=O) groups excluding carboxylic acids is 3. The summed E-state index contributed by atoms with van der Waals surface area (Å²) < 4.78 is 10.4. The molecule has 0 aliphatic carbocycles. The Morgan fingerprint density at radius 3 is 2.35 bits per heavy atom. The highest BCUT2D eigenvalue weighted by atomic mass is 16.5. The third-order valence-electron chi connectivity index (χ3n) is 5.83. The maximum absolute atomic E-state index is 13.4. The quantitative estimate of drug-likeness (QED) is 0.584. The molecule has 3 aromatic rings. The number of methoxy groups -OCH3 is 1. The Kier molecular flexibility index (Phi) is 7.27. The topological polar surface area (TPSA) is 92.1 Å². The van der Waals surface area contributed by atoms with Gasteiger partial charge < -0.3 is 24.3 Å². The lowest BCUT2D eigenvalue weighted by Crippen LogP contribution is -2.56. The van der Waals surface area contributed by atoms with Crippen LogP contribution in [0.2, 0.25) is 0 Å². The van der Waals surface area contributed by atoms with Gasteiger partial charge in [0.2, 0.25) is 5.91 Å². The average molecular weight is 462 g/mol. The minimum absolute atomic E-state index is 0.0991. The highest BCUT2D eigenvalue weighted by Gasteiger charge is 2.31. The molecule has 0 radical (unpaired) electrons. The van der Waals surface area contributed by atoms with E-state index >= 15 is 0 Å². The van der Waals surface area contributed by atoms with Gasteiger partial charge in [0.1, 0.15) is 11.8 Å².